The molecule has 170 valence electrons. The minimum Gasteiger partial charge on any atom is -0.504 e. The van der Waals surface area contributed by atoms with Gasteiger partial charge in [-0.2, -0.15) is 0 Å². The number of aliphatic hydroxyl groups is 2. The maximum Gasteiger partial charge on any atom is 0.255 e. The molecule has 1 aliphatic carbocycles. The quantitative estimate of drug-likeness (QED) is 0.457. The third kappa shape index (κ3) is 2.84. The Morgan fingerprint density at radius 2 is 1.94 bits per heavy atom. The lowest BCUT2D eigenvalue weighted by Gasteiger charge is -2.49. The van der Waals surface area contributed by atoms with Crippen molar-refractivity contribution in [3.05, 3.63) is 53.7 Å². The van der Waals surface area contributed by atoms with E-state index in [1.165, 1.54) is 0 Å². The Labute approximate surface area is 188 Å². The molecule has 6 rings (SSSR count). The second-order valence-electron chi connectivity index (χ2n) is 8.73. The molecule has 4 N–H and O–H groups in total. The monoisotopic (exact) mass is 450 g/mol. The summed E-state index contributed by atoms with van der Waals surface area (Å²) >= 11 is 0. The molecule has 0 saturated heterocycles. The molecule has 0 spiro atoms. The third-order valence-electron chi connectivity index (χ3n) is 6.99. The highest BCUT2D eigenvalue weighted by Crippen LogP contribution is 2.53. The van der Waals surface area contributed by atoms with Crippen LogP contribution in [0.3, 0.4) is 0 Å². The second-order valence-corrected chi connectivity index (χ2v) is 8.73. The third-order valence-corrected chi connectivity index (χ3v) is 6.99. The number of carbonyl (C=O) groups excluding carboxylic acids is 1. The summed E-state index contributed by atoms with van der Waals surface area (Å²) in [4.78, 5) is 13.0. The van der Waals surface area contributed by atoms with Crippen LogP contribution in [-0.4, -0.2) is 61.3 Å². The summed E-state index contributed by atoms with van der Waals surface area (Å²) < 4.78 is 12.4. The fourth-order valence-electron chi connectivity index (χ4n) is 5.28. The van der Waals surface area contributed by atoms with Crippen molar-refractivity contribution < 1.29 is 29.6 Å². The maximum absolute atomic E-state index is 13.0. The van der Waals surface area contributed by atoms with Gasteiger partial charge in [0.05, 0.1) is 36.1 Å². The van der Waals surface area contributed by atoms with Gasteiger partial charge in [-0.3, -0.25) is 4.79 Å². The van der Waals surface area contributed by atoms with E-state index < -0.39 is 42.0 Å². The summed E-state index contributed by atoms with van der Waals surface area (Å²) in [6, 6.07) is 9.80. The Hall–Kier alpha value is -3.63. The van der Waals surface area contributed by atoms with E-state index in [1.54, 1.807) is 23.9 Å². The number of ether oxygens (including phenoxy) is 2. The number of rotatable bonds is 2. The Bertz CT molecular complexity index is 1250. The van der Waals surface area contributed by atoms with Crippen molar-refractivity contribution in [2.45, 2.75) is 37.1 Å². The van der Waals surface area contributed by atoms with Crippen LogP contribution in [0, 0.1) is 5.92 Å². The summed E-state index contributed by atoms with van der Waals surface area (Å²) in [6.45, 7) is 1.66. The van der Waals surface area contributed by atoms with Crippen LogP contribution in [0.2, 0.25) is 0 Å². The molecule has 0 unspecified atom stereocenters. The number of hydrogen-bond donors (Lipinski definition) is 4. The lowest BCUT2D eigenvalue weighted by molar-refractivity contribution is -0.0768. The zero-order chi connectivity index (χ0) is 22.9. The largest absolute Gasteiger partial charge is 0.504 e. The lowest BCUT2D eigenvalue weighted by Crippen LogP contribution is -2.62. The number of hydrogen-bond acceptors (Lipinski definition) is 8. The van der Waals surface area contributed by atoms with Crippen LogP contribution in [-0.2, 0) is 0 Å². The van der Waals surface area contributed by atoms with E-state index >= 15 is 0 Å². The Morgan fingerprint density at radius 1 is 1.15 bits per heavy atom. The van der Waals surface area contributed by atoms with Gasteiger partial charge in [0.1, 0.15) is 5.69 Å². The number of amides is 1. The summed E-state index contributed by atoms with van der Waals surface area (Å²) in [7, 11) is 0. The molecular weight excluding hydrogens is 428 g/mol. The van der Waals surface area contributed by atoms with Crippen LogP contribution in [0.5, 0.6) is 17.2 Å². The van der Waals surface area contributed by atoms with Crippen molar-refractivity contribution >= 4 is 5.91 Å². The van der Waals surface area contributed by atoms with E-state index in [2.05, 4.69) is 15.6 Å². The van der Waals surface area contributed by atoms with Crippen LogP contribution < -0.4 is 14.8 Å². The van der Waals surface area contributed by atoms with Crippen LogP contribution in [0.15, 0.2) is 42.6 Å². The number of phenolic OH excluding ortho intramolecular Hbond substituents is 1. The van der Waals surface area contributed by atoms with Gasteiger partial charge in [0, 0.05) is 17.4 Å². The van der Waals surface area contributed by atoms with Gasteiger partial charge in [-0.25, -0.2) is 4.68 Å². The van der Waals surface area contributed by atoms with Crippen LogP contribution >= 0.6 is 0 Å². The van der Waals surface area contributed by atoms with Gasteiger partial charge in [-0.1, -0.05) is 42.5 Å². The van der Waals surface area contributed by atoms with Gasteiger partial charge in [0.2, 0.25) is 12.5 Å². The van der Waals surface area contributed by atoms with Crippen molar-refractivity contribution in [1.29, 1.82) is 0 Å². The number of aliphatic hydroxyl groups excluding tert-OH is 2. The van der Waals surface area contributed by atoms with Gasteiger partial charge < -0.3 is 30.1 Å². The number of nitrogens with zero attached hydrogens (tertiary/aromatic N) is 3. The zero-order valence-corrected chi connectivity index (χ0v) is 17.6. The van der Waals surface area contributed by atoms with Crippen molar-refractivity contribution in [2.24, 2.45) is 5.92 Å². The first-order valence-electron chi connectivity index (χ1n) is 10.8. The molecule has 0 bridgehead atoms. The molecule has 33 heavy (non-hydrogen) atoms. The molecule has 10 nitrogen and oxygen atoms in total. The molecule has 1 amide bonds. The molecule has 1 aromatic heterocycles. The van der Waals surface area contributed by atoms with Crippen molar-refractivity contribution in [3.63, 3.8) is 0 Å². The fourth-order valence-corrected chi connectivity index (χ4v) is 5.28. The first kappa shape index (κ1) is 20.0. The molecular formula is C23H22N4O6. The van der Waals surface area contributed by atoms with Gasteiger partial charge in [-0.05, 0) is 11.6 Å². The highest BCUT2D eigenvalue weighted by atomic mass is 16.7. The van der Waals surface area contributed by atoms with E-state index in [1.807, 2.05) is 30.3 Å². The van der Waals surface area contributed by atoms with E-state index in [-0.39, 0.29) is 23.9 Å². The number of nitrogens with one attached hydrogen (secondary N) is 1. The summed E-state index contributed by atoms with van der Waals surface area (Å²) in [5.74, 6) is -1.58. The fraction of sp³-hybridized carbons (Fsp3) is 0.348. The Kier molecular flexibility index (Phi) is 4.36. The maximum atomic E-state index is 13.0. The second kappa shape index (κ2) is 7.19. The van der Waals surface area contributed by atoms with Crippen molar-refractivity contribution in [3.8, 4) is 28.5 Å². The minimum atomic E-state index is -1.01. The van der Waals surface area contributed by atoms with E-state index in [4.69, 9.17) is 9.47 Å². The number of aromatic hydroxyl groups is 1. The molecule has 3 heterocycles. The van der Waals surface area contributed by atoms with Gasteiger partial charge in [0.15, 0.2) is 11.5 Å². The Morgan fingerprint density at radius 3 is 2.73 bits per heavy atom. The van der Waals surface area contributed by atoms with Crippen molar-refractivity contribution in [2.75, 3.05) is 6.79 Å². The van der Waals surface area contributed by atoms with Gasteiger partial charge in [-0.15, -0.1) is 5.10 Å². The first-order valence-corrected chi connectivity index (χ1v) is 10.8. The summed E-state index contributed by atoms with van der Waals surface area (Å²) in [6.07, 6.45) is -0.266. The molecule has 0 radical (unpaired) electrons. The van der Waals surface area contributed by atoms with Gasteiger partial charge in [0.25, 0.3) is 5.91 Å². The minimum absolute atomic E-state index is 0.0443. The highest BCUT2D eigenvalue weighted by Gasteiger charge is 2.54. The molecule has 10 heteroatoms. The molecule has 1 fully saturated rings. The van der Waals surface area contributed by atoms with E-state index in [9.17, 15) is 20.1 Å². The van der Waals surface area contributed by atoms with E-state index in [0.29, 0.717) is 17.0 Å². The topological polar surface area (TPSA) is 139 Å². The molecule has 3 aromatic rings. The van der Waals surface area contributed by atoms with Crippen LogP contribution in [0.25, 0.3) is 11.3 Å². The number of aromatic nitrogens is 3. The SMILES string of the molecule is C[C@H]1[C@@H](O)[C@@H]2NC(=O)c3c(cc4c(c3O)OCO4)[C@H]2[C@@H](n2cc(-c3ccccc3)nn2)[C@@H]1O. The predicted octanol–water partition coefficient (Wildman–Crippen LogP) is 1.19. The molecule has 2 aromatic carbocycles. The average molecular weight is 450 g/mol. The predicted molar refractivity (Wildman–Crippen MR) is 114 cm³/mol. The standard InChI is InChI=1S/C23H22N4O6/c1-10-19(28)17-15(12-7-14-22(33-9-32-14)21(30)16(12)23(31)24-17)18(20(10)29)27-8-13(25-26-27)11-5-3-2-4-6-11/h2-8,10,15,17-20,28-30H,9H2,1H3,(H,24,31)/t10-,15+,17+,18+,19+,20+/m0/s1. The number of benzene rings is 2. The molecule has 1 saturated carbocycles. The number of fused-ring (bicyclic) bond motifs is 4. The molecule has 6 atom stereocenters. The zero-order valence-electron chi connectivity index (χ0n) is 17.6. The summed E-state index contributed by atoms with van der Waals surface area (Å²) in [5, 5.41) is 44.4. The van der Waals surface area contributed by atoms with Crippen LogP contribution in [0.4, 0.5) is 0 Å². The molecule has 2 aliphatic heterocycles. The normalized spacial score (nSPS) is 29.8. The highest BCUT2D eigenvalue weighted by molar-refractivity contribution is 6.01. The smallest absolute Gasteiger partial charge is 0.255 e. The number of carbonyl (C=O) groups is 1. The van der Waals surface area contributed by atoms with Gasteiger partial charge >= 0.3 is 0 Å². The lowest BCUT2D eigenvalue weighted by atomic mass is 9.66. The Balaban J connectivity index is 1.51. The van der Waals surface area contributed by atoms with Crippen LogP contribution in [0.1, 0.15) is 34.8 Å². The molecule has 3 aliphatic rings. The first-order chi connectivity index (χ1) is 16.0. The summed E-state index contributed by atoms with van der Waals surface area (Å²) in [5.41, 5.74) is 2.00. The average Bonchev–Trinajstić information content (AvgIpc) is 3.49. The number of phenols is 1. The van der Waals surface area contributed by atoms with E-state index in [0.717, 1.165) is 5.56 Å². The van der Waals surface area contributed by atoms with Crippen molar-refractivity contribution in [1.82, 2.24) is 20.3 Å².